The molecule has 3 heterocycles. The molecule has 0 saturated carbocycles. The van der Waals surface area contributed by atoms with Crippen LogP contribution in [0.3, 0.4) is 0 Å². The number of phenolic OH excluding ortho intramolecular Hbond substituents is 1. The molecule has 2 aliphatic heterocycles. The number of fused-ring (bicyclic) bond motifs is 3. The first kappa shape index (κ1) is 16.2. The quantitative estimate of drug-likeness (QED) is 0.717. The van der Waals surface area contributed by atoms with Gasteiger partial charge in [-0.1, -0.05) is 30.3 Å². The van der Waals surface area contributed by atoms with Gasteiger partial charge in [-0.25, -0.2) is 5.01 Å². The molecule has 5 nitrogen and oxygen atoms in total. The van der Waals surface area contributed by atoms with Gasteiger partial charge in [0.15, 0.2) is 11.5 Å². The second-order valence-corrected chi connectivity index (χ2v) is 7.54. The van der Waals surface area contributed by atoms with Crippen molar-refractivity contribution < 1.29 is 14.6 Å². The van der Waals surface area contributed by atoms with E-state index in [1.165, 1.54) is 0 Å². The van der Waals surface area contributed by atoms with E-state index in [2.05, 4.69) is 12.1 Å². The van der Waals surface area contributed by atoms with Crippen molar-refractivity contribution in [2.45, 2.75) is 18.7 Å². The molecular weight excluding hydrogens is 360 g/mol. The molecule has 6 heteroatoms. The number of hydrogen-bond acceptors (Lipinski definition) is 6. The van der Waals surface area contributed by atoms with E-state index in [9.17, 15) is 5.11 Å². The molecule has 0 radical (unpaired) electrons. The summed E-state index contributed by atoms with van der Waals surface area (Å²) in [6.45, 7) is 0. The van der Waals surface area contributed by atoms with E-state index in [0.717, 1.165) is 39.6 Å². The average Bonchev–Trinajstić information content (AvgIpc) is 3.37. The SMILES string of the molecule is COc1cccc2c1OC(c1cccs1)N1N=C(c3cccc(O)c3)CC21. The molecule has 0 amide bonds. The molecule has 27 heavy (non-hydrogen) atoms. The van der Waals surface area contributed by atoms with E-state index in [-0.39, 0.29) is 18.0 Å². The van der Waals surface area contributed by atoms with E-state index in [4.69, 9.17) is 14.6 Å². The topological polar surface area (TPSA) is 54.3 Å². The van der Waals surface area contributed by atoms with Gasteiger partial charge in [-0.05, 0) is 29.6 Å². The lowest BCUT2D eigenvalue weighted by molar-refractivity contribution is -0.0184. The molecule has 3 aromatic rings. The fraction of sp³-hybridized carbons (Fsp3) is 0.190. The normalized spacial score (nSPS) is 20.5. The first-order valence-corrected chi connectivity index (χ1v) is 9.65. The third-order valence-corrected chi connectivity index (χ3v) is 5.87. The molecule has 2 atom stereocenters. The van der Waals surface area contributed by atoms with Crippen LogP contribution in [0.4, 0.5) is 0 Å². The number of rotatable bonds is 3. The van der Waals surface area contributed by atoms with Crippen molar-refractivity contribution in [2.75, 3.05) is 7.11 Å². The van der Waals surface area contributed by atoms with Crippen LogP contribution in [0.2, 0.25) is 0 Å². The molecule has 0 spiro atoms. The van der Waals surface area contributed by atoms with Crippen molar-refractivity contribution in [1.82, 2.24) is 5.01 Å². The van der Waals surface area contributed by atoms with Crippen molar-refractivity contribution in [3.05, 3.63) is 76.0 Å². The minimum atomic E-state index is -0.298. The summed E-state index contributed by atoms with van der Waals surface area (Å²) in [4.78, 5) is 1.09. The number of nitrogens with zero attached hydrogens (tertiary/aromatic N) is 2. The molecule has 0 saturated heterocycles. The van der Waals surface area contributed by atoms with Crippen molar-refractivity contribution in [3.63, 3.8) is 0 Å². The first-order valence-electron chi connectivity index (χ1n) is 8.77. The minimum absolute atomic E-state index is 0.0632. The van der Waals surface area contributed by atoms with E-state index in [0.29, 0.717) is 0 Å². The molecule has 5 rings (SSSR count). The van der Waals surface area contributed by atoms with Gasteiger partial charge in [0.25, 0.3) is 0 Å². The zero-order valence-corrected chi connectivity index (χ0v) is 15.5. The Morgan fingerprint density at radius 3 is 2.85 bits per heavy atom. The van der Waals surface area contributed by atoms with Crippen molar-refractivity contribution in [2.24, 2.45) is 5.10 Å². The zero-order valence-electron chi connectivity index (χ0n) is 14.7. The Labute approximate surface area is 161 Å². The lowest BCUT2D eigenvalue weighted by Crippen LogP contribution is -2.33. The fourth-order valence-electron chi connectivity index (χ4n) is 3.72. The predicted octanol–water partition coefficient (Wildman–Crippen LogP) is 4.70. The van der Waals surface area contributed by atoms with Gasteiger partial charge in [0, 0.05) is 17.5 Å². The average molecular weight is 378 g/mol. The Balaban J connectivity index is 1.62. The Kier molecular flexibility index (Phi) is 3.79. The second kappa shape index (κ2) is 6.32. The highest BCUT2D eigenvalue weighted by Gasteiger charge is 2.42. The number of hydrazone groups is 1. The van der Waals surface area contributed by atoms with Gasteiger partial charge in [0.1, 0.15) is 5.75 Å². The number of hydrogen-bond donors (Lipinski definition) is 1. The van der Waals surface area contributed by atoms with Crippen LogP contribution in [0.15, 0.2) is 65.1 Å². The number of ether oxygens (including phenoxy) is 2. The van der Waals surface area contributed by atoms with Gasteiger partial charge in [-0.3, -0.25) is 0 Å². The van der Waals surface area contributed by atoms with Gasteiger partial charge in [-0.15, -0.1) is 11.3 Å². The van der Waals surface area contributed by atoms with Crippen LogP contribution in [-0.2, 0) is 0 Å². The predicted molar refractivity (Wildman–Crippen MR) is 105 cm³/mol. The molecule has 2 aromatic carbocycles. The number of methoxy groups -OCH3 is 1. The highest BCUT2D eigenvalue weighted by Crippen LogP contribution is 2.51. The molecule has 0 fully saturated rings. The van der Waals surface area contributed by atoms with Crippen molar-refractivity contribution >= 4 is 17.0 Å². The monoisotopic (exact) mass is 378 g/mol. The highest BCUT2D eigenvalue weighted by atomic mass is 32.1. The Bertz CT molecular complexity index is 1020. The summed E-state index contributed by atoms with van der Waals surface area (Å²) in [7, 11) is 1.66. The van der Waals surface area contributed by atoms with Crippen LogP contribution in [-0.4, -0.2) is 22.9 Å². The third kappa shape index (κ3) is 2.64. The van der Waals surface area contributed by atoms with Crippen LogP contribution in [0.25, 0.3) is 0 Å². The Morgan fingerprint density at radius 2 is 2.07 bits per heavy atom. The highest BCUT2D eigenvalue weighted by molar-refractivity contribution is 7.10. The maximum absolute atomic E-state index is 9.85. The van der Waals surface area contributed by atoms with Crippen LogP contribution in [0.1, 0.15) is 34.7 Å². The van der Waals surface area contributed by atoms with Gasteiger partial charge >= 0.3 is 0 Å². The van der Waals surface area contributed by atoms with E-state index >= 15 is 0 Å². The van der Waals surface area contributed by atoms with Crippen molar-refractivity contribution in [3.8, 4) is 17.2 Å². The van der Waals surface area contributed by atoms with Gasteiger partial charge in [-0.2, -0.15) is 5.10 Å². The Morgan fingerprint density at radius 1 is 1.19 bits per heavy atom. The van der Waals surface area contributed by atoms with Gasteiger partial charge in [0.05, 0.1) is 23.7 Å². The summed E-state index contributed by atoms with van der Waals surface area (Å²) in [5.41, 5.74) is 2.94. The molecule has 2 aliphatic rings. The molecule has 136 valence electrons. The maximum atomic E-state index is 9.85. The van der Waals surface area contributed by atoms with Crippen LogP contribution in [0.5, 0.6) is 17.2 Å². The number of benzene rings is 2. The number of aromatic hydroxyl groups is 1. The lowest BCUT2D eigenvalue weighted by atomic mass is 9.96. The number of para-hydroxylation sites is 1. The minimum Gasteiger partial charge on any atom is -0.508 e. The summed E-state index contributed by atoms with van der Waals surface area (Å²) >= 11 is 1.65. The van der Waals surface area contributed by atoms with E-state index in [1.54, 1.807) is 30.6 Å². The van der Waals surface area contributed by atoms with E-state index < -0.39 is 0 Å². The molecule has 1 aromatic heterocycles. The number of thiophene rings is 1. The zero-order chi connectivity index (χ0) is 18.4. The summed E-state index contributed by atoms with van der Waals surface area (Å²) in [5, 5.41) is 18.8. The lowest BCUT2D eigenvalue weighted by Gasteiger charge is -2.38. The standard InChI is InChI=1S/C21H18N2O3S/c1-25-18-8-3-7-15-17-12-16(13-5-2-6-14(24)11-13)22-23(17)21(26-20(15)18)19-9-4-10-27-19/h2-11,17,21,24H,12H2,1H3. The van der Waals surface area contributed by atoms with Crippen LogP contribution >= 0.6 is 11.3 Å². The van der Waals surface area contributed by atoms with Crippen LogP contribution in [0, 0.1) is 0 Å². The Hall–Kier alpha value is -2.99. The molecule has 2 unspecified atom stereocenters. The second-order valence-electron chi connectivity index (χ2n) is 6.56. The molecule has 0 bridgehead atoms. The summed E-state index contributed by atoms with van der Waals surface area (Å²) < 4.78 is 11.9. The number of phenols is 1. The first-order chi connectivity index (χ1) is 13.2. The summed E-state index contributed by atoms with van der Waals surface area (Å²) in [6.07, 6.45) is 0.447. The molecule has 1 N–H and O–H groups in total. The summed E-state index contributed by atoms with van der Waals surface area (Å²) in [6, 6.07) is 17.4. The third-order valence-electron chi connectivity index (χ3n) is 4.97. The van der Waals surface area contributed by atoms with E-state index in [1.807, 2.05) is 40.7 Å². The van der Waals surface area contributed by atoms with Gasteiger partial charge < -0.3 is 14.6 Å². The summed E-state index contributed by atoms with van der Waals surface area (Å²) in [5.74, 6) is 1.76. The largest absolute Gasteiger partial charge is 0.508 e. The van der Waals surface area contributed by atoms with Gasteiger partial charge in [0.2, 0.25) is 6.23 Å². The maximum Gasteiger partial charge on any atom is 0.223 e. The smallest absolute Gasteiger partial charge is 0.223 e. The van der Waals surface area contributed by atoms with Crippen molar-refractivity contribution in [1.29, 1.82) is 0 Å². The fourth-order valence-corrected chi connectivity index (χ4v) is 4.47. The van der Waals surface area contributed by atoms with Crippen LogP contribution < -0.4 is 9.47 Å². The molecular formula is C21H18N2O3S. The molecule has 0 aliphatic carbocycles.